The average molecular weight is 512 g/mol. The van der Waals surface area contributed by atoms with Crippen molar-refractivity contribution >= 4 is 22.8 Å². The van der Waals surface area contributed by atoms with Gasteiger partial charge in [0.15, 0.2) is 11.6 Å². The number of hydrogen-bond acceptors (Lipinski definition) is 7. The molecule has 5 rings (SSSR count). The molecule has 2 fully saturated rings. The Morgan fingerprint density at radius 1 is 1.24 bits per heavy atom. The number of aliphatic hydroxyl groups is 1. The molecular formula is C26H30FN5O5. The fourth-order valence-corrected chi connectivity index (χ4v) is 4.70. The topological polar surface area (TPSA) is 130 Å². The third-order valence-electron chi connectivity index (χ3n) is 7.02. The summed E-state index contributed by atoms with van der Waals surface area (Å²) in [5.41, 5.74) is 2.68. The van der Waals surface area contributed by atoms with Gasteiger partial charge in [-0.15, -0.1) is 0 Å². The van der Waals surface area contributed by atoms with Gasteiger partial charge in [-0.3, -0.25) is 9.59 Å². The number of rotatable bonds is 7. The Morgan fingerprint density at radius 3 is 2.73 bits per heavy atom. The Balaban J connectivity index is 1.51. The molecule has 1 saturated carbocycles. The van der Waals surface area contributed by atoms with E-state index in [1.54, 1.807) is 11.8 Å². The molecule has 37 heavy (non-hydrogen) atoms. The molecule has 3 aromatic rings. The maximum absolute atomic E-state index is 14.6. The number of likely N-dealkylation sites (tertiary alicyclic amines) is 1. The Morgan fingerprint density at radius 2 is 2.03 bits per heavy atom. The zero-order chi connectivity index (χ0) is 26.3. The Kier molecular flexibility index (Phi) is 6.72. The Bertz CT molecular complexity index is 1350. The number of aromatic nitrogens is 3. The number of fused-ring (bicyclic) bond motifs is 1. The first-order valence-electron chi connectivity index (χ1n) is 12.3. The summed E-state index contributed by atoms with van der Waals surface area (Å²) in [7, 11) is 1.39. The van der Waals surface area contributed by atoms with Gasteiger partial charge in [0.05, 0.1) is 36.9 Å². The highest BCUT2D eigenvalue weighted by atomic mass is 19.1. The minimum Gasteiger partial charge on any atom is -0.494 e. The lowest BCUT2D eigenvalue weighted by Gasteiger charge is -2.36. The molecule has 0 radical (unpaired) electrons. The summed E-state index contributed by atoms with van der Waals surface area (Å²) >= 11 is 0. The number of ether oxygens (including phenoxy) is 2. The van der Waals surface area contributed by atoms with Gasteiger partial charge >= 0.3 is 0 Å². The van der Waals surface area contributed by atoms with Crippen LogP contribution in [0.1, 0.15) is 42.2 Å². The molecule has 2 atom stereocenters. The lowest BCUT2D eigenvalue weighted by molar-refractivity contribution is -0.131. The van der Waals surface area contributed by atoms with E-state index in [4.69, 9.17) is 9.47 Å². The first kappa shape index (κ1) is 24.9. The van der Waals surface area contributed by atoms with Crippen molar-refractivity contribution < 1.29 is 28.6 Å². The highest BCUT2D eigenvalue weighted by molar-refractivity contribution is 6.09. The number of H-pyrrole nitrogens is 1. The van der Waals surface area contributed by atoms with Crippen LogP contribution in [0.3, 0.4) is 0 Å². The van der Waals surface area contributed by atoms with Crippen molar-refractivity contribution in [2.75, 3.05) is 26.8 Å². The smallest absolute Gasteiger partial charge is 0.255 e. The number of aliphatic hydroxyl groups excluding tert-OH is 1. The number of piperidine rings is 1. The molecule has 0 unspecified atom stereocenters. The van der Waals surface area contributed by atoms with Crippen molar-refractivity contribution in [3.8, 4) is 22.8 Å². The van der Waals surface area contributed by atoms with Crippen molar-refractivity contribution in [1.29, 1.82) is 0 Å². The third-order valence-corrected chi connectivity index (χ3v) is 7.02. The van der Waals surface area contributed by atoms with E-state index in [0.29, 0.717) is 64.8 Å². The monoisotopic (exact) mass is 511 g/mol. The molecule has 11 heteroatoms. The van der Waals surface area contributed by atoms with Crippen molar-refractivity contribution in [3.05, 3.63) is 35.5 Å². The van der Waals surface area contributed by atoms with E-state index >= 15 is 0 Å². The molecule has 0 bridgehead atoms. The van der Waals surface area contributed by atoms with Gasteiger partial charge < -0.3 is 29.8 Å². The van der Waals surface area contributed by atoms with E-state index in [0.717, 1.165) is 12.8 Å². The second-order valence-electron chi connectivity index (χ2n) is 9.71. The minimum absolute atomic E-state index is 0.0445. The SMILES string of the molecule is COc1cc(-c2ncnc3c(C(=O)N[C@H]4CN(C(C)=O)CC[C@@H]4O)c(C)[nH]c23)c(OCC2CC2)cc1F. The standard InChI is InChI=1S/C26H30FN5O5/c1-13-22(26(35)31-18-10-32(14(2)33)7-6-19(18)34)24-25(30-13)23(28-12-29-24)16-8-21(36-3)17(27)9-20(16)37-11-15-4-5-15/h8-9,12,15,18-19,30,34H,4-7,10-11H2,1-3H3,(H,31,35)/t18-,19-/m0/s1. The molecule has 10 nitrogen and oxygen atoms in total. The van der Waals surface area contributed by atoms with Gasteiger partial charge in [0.1, 0.15) is 23.3 Å². The normalized spacial score (nSPS) is 19.6. The van der Waals surface area contributed by atoms with Crippen LogP contribution in [0.4, 0.5) is 4.39 Å². The van der Waals surface area contributed by atoms with E-state index in [2.05, 4.69) is 20.3 Å². The van der Waals surface area contributed by atoms with Crippen molar-refractivity contribution in [2.24, 2.45) is 5.92 Å². The molecule has 1 aromatic carbocycles. The Labute approximate surface area is 213 Å². The molecule has 3 N–H and O–H groups in total. The van der Waals surface area contributed by atoms with Crippen LogP contribution in [0.2, 0.25) is 0 Å². The minimum atomic E-state index is -0.770. The van der Waals surface area contributed by atoms with Crippen LogP contribution < -0.4 is 14.8 Å². The van der Waals surface area contributed by atoms with Gasteiger partial charge in [0.25, 0.3) is 5.91 Å². The predicted octanol–water partition coefficient (Wildman–Crippen LogP) is 2.58. The quantitative estimate of drug-likeness (QED) is 0.445. The first-order chi connectivity index (χ1) is 17.8. The maximum Gasteiger partial charge on any atom is 0.255 e. The predicted molar refractivity (Wildman–Crippen MR) is 133 cm³/mol. The summed E-state index contributed by atoms with van der Waals surface area (Å²) in [6, 6.07) is 2.21. The van der Waals surface area contributed by atoms with Crippen LogP contribution in [0.5, 0.6) is 11.5 Å². The maximum atomic E-state index is 14.6. The molecule has 2 amide bonds. The van der Waals surface area contributed by atoms with Crippen LogP contribution >= 0.6 is 0 Å². The molecule has 1 aliphatic heterocycles. The highest BCUT2D eigenvalue weighted by Gasteiger charge is 2.32. The highest BCUT2D eigenvalue weighted by Crippen LogP contribution is 2.39. The molecule has 2 aliphatic rings. The summed E-state index contributed by atoms with van der Waals surface area (Å²) in [6.07, 6.45) is 3.11. The van der Waals surface area contributed by atoms with Crippen LogP contribution in [0.25, 0.3) is 22.3 Å². The second-order valence-corrected chi connectivity index (χ2v) is 9.71. The van der Waals surface area contributed by atoms with Crippen molar-refractivity contribution in [1.82, 2.24) is 25.2 Å². The number of nitrogens with zero attached hydrogens (tertiary/aromatic N) is 3. The number of hydrogen-bond donors (Lipinski definition) is 3. The summed E-state index contributed by atoms with van der Waals surface area (Å²) in [6.45, 7) is 4.35. The fourth-order valence-electron chi connectivity index (χ4n) is 4.70. The van der Waals surface area contributed by atoms with Gasteiger partial charge in [-0.1, -0.05) is 0 Å². The summed E-state index contributed by atoms with van der Waals surface area (Å²) < 4.78 is 25.7. The molecule has 2 aromatic heterocycles. The molecule has 0 spiro atoms. The number of methoxy groups -OCH3 is 1. The summed E-state index contributed by atoms with van der Waals surface area (Å²) in [5, 5.41) is 13.3. The third kappa shape index (κ3) is 4.95. The Hall–Kier alpha value is -3.73. The largest absolute Gasteiger partial charge is 0.494 e. The van der Waals surface area contributed by atoms with Gasteiger partial charge in [-0.2, -0.15) is 0 Å². The van der Waals surface area contributed by atoms with Crippen LogP contribution in [0.15, 0.2) is 18.5 Å². The van der Waals surface area contributed by atoms with Gasteiger partial charge in [0.2, 0.25) is 5.91 Å². The number of carbonyl (C=O) groups is 2. The first-order valence-corrected chi connectivity index (χ1v) is 12.3. The summed E-state index contributed by atoms with van der Waals surface area (Å²) in [4.78, 5) is 38.8. The second kappa shape index (κ2) is 9.97. The molecule has 1 aliphatic carbocycles. The van der Waals surface area contributed by atoms with Crippen LogP contribution in [0, 0.1) is 18.7 Å². The number of amides is 2. The van der Waals surface area contributed by atoms with E-state index in [1.165, 1.54) is 32.5 Å². The number of nitrogens with one attached hydrogen (secondary N) is 2. The van der Waals surface area contributed by atoms with E-state index in [1.807, 2.05) is 0 Å². The number of aromatic amines is 1. The molecule has 1 saturated heterocycles. The molecule has 196 valence electrons. The number of carbonyl (C=O) groups excluding carboxylic acids is 2. The lowest BCUT2D eigenvalue weighted by atomic mass is 10.0. The summed E-state index contributed by atoms with van der Waals surface area (Å²) in [5.74, 6) is -0.247. The molecule has 3 heterocycles. The van der Waals surface area contributed by atoms with E-state index < -0.39 is 23.9 Å². The van der Waals surface area contributed by atoms with Crippen LogP contribution in [-0.4, -0.2) is 75.7 Å². The van der Waals surface area contributed by atoms with E-state index in [-0.39, 0.29) is 18.2 Å². The van der Waals surface area contributed by atoms with Crippen molar-refractivity contribution in [3.63, 3.8) is 0 Å². The van der Waals surface area contributed by atoms with Gasteiger partial charge in [-0.05, 0) is 38.2 Å². The number of halogens is 1. The van der Waals surface area contributed by atoms with Gasteiger partial charge in [-0.25, -0.2) is 14.4 Å². The van der Waals surface area contributed by atoms with E-state index in [9.17, 15) is 19.1 Å². The zero-order valence-corrected chi connectivity index (χ0v) is 21.0. The lowest BCUT2D eigenvalue weighted by Crippen LogP contribution is -2.56. The van der Waals surface area contributed by atoms with Crippen LogP contribution in [-0.2, 0) is 4.79 Å². The van der Waals surface area contributed by atoms with Crippen molar-refractivity contribution in [2.45, 2.75) is 45.3 Å². The zero-order valence-electron chi connectivity index (χ0n) is 21.0. The average Bonchev–Trinajstić information content (AvgIpc) is 3.63. The molecular weight excluding hydrogens is 481 g/mol. The van der Waals surface area contributed by atoms with Gasteiger partial charge in [0, 0.05) is 37.3 Å². The fraction of sp³-hybridized carbons (Fsp3) is 0.462. The number of benzene rings is 1. The number of aryl methyl sites for hydroxylation is 1.